The predicted molar refractivity (Wildman–Crippen MR) is 67.7 cm³/mol. The average Bonchev–Trinajstić information content (AvgIpc) is 1.97. The first kappa shape index (κ1) is 15.9. The van der Waals surface area contributed by atoms with E-state index in [9.17, 15) is 14.7 Å². The lowest BCUT2D eigenvalue weighted by Crippen LogP contribution is -2.57. The molecule has 0 saturated carbocycles. The van der Waals surface area contributed by atoms with Gasteiger partial charge in [-0.3, -0.25) is 9.59 Å². The molecular formula is C13H25NO3. The summed E-state index contributed by atoms with van der Waals surface area (Å²) < 4.78 is 0. The number of amides is 1. The summed E-state index contributed by atoms with van der Waals surface area (Å²) >= 11 is 0. The maximum absolute atomic E-state index is 11.8. The van der Waals surface area contributed by atoms with Crippen LogP contribution < -0.4 is 5.32 Å². The lowest BCUT2D eigenvalue weighted by atomic mass is 9.74. The van der Waals surface area contributed by atoms with Crippen molar-refractivity contribution in [3.8, 4) is 0 Å². The molecule has 0 spiro atoms. The molecule has 0 aliphatic rings. The van der Waals surface area contributed by atoms with E-state index in [1.54, 1.807) is 27.7 Å². The Labute approximate surface area is 104 Å². The highest BCUT2D eigenvalue weighted by Crippen LogP contribution is 2.31. The van der Waals surface area contributed by atoms with Crippen molar-refractivity contribution in [1.82, 2.24) is 5.32 Å². The highest BCUT2D eigenvalue weighted by molar-refractivity contribution is 5.80. The van der Waals surface area contributed by atoms with E-state index in [4.69, 9.17) is 0 Å². The topological polar surface area (TPSA) is 66.4 Å². The van der Waals surface area contributed by atoms with Crippen LogP contribution >= 0.6 is 0 Å². The second-order valence-electron chi connectivity index (χ2n) is 6.84. The normalized spacial score (nSPS) is 13.4. The molecule has 100 valence electrons. The molecule has 0 aliphatic carbocycles. The molecule has 0 fully saturated rings. The first-order valence-corrected chi connectivity index (χ1v) is 5.84. The Morgan fingerprint density at radius 1 is 1.00 bits per heavy atom. The van der Waals surface area contributed by atoms with Crippen LogP contribution in [0, 0.1) is 10.8 Å². The third kappa shape index (κ3) is 4.36. The molecule has 2 N–H and O–H groups in total. The second-order valence-corrected chi connectivity index (χ2v) is 6.84. The third-order valence-corrected chi connectivity index (χ3v) is 3.24. The van der Waals surface area contributed by atoms with E-state index < -0.39 is 16.9 Å². The number of carbonyl (C=O) groups excluding carboxylic acids is 1. The van der Waals surface area contributed by atoms with E-state index in [1.807, 2.05) is 20.8 Å². The second kappa shape index (κ2) is 4.67. The summed E-state index contributed by atoms with van der Waals surface area (Å²) in [6.07, 6.45) is 0.381. The Morgan fingerprint density at radius 3 is 1.71 bits per heavy atom. The number of aliphatic carboxylic acids is 1. The molecule has 0 atom stereocenters. The van der Waals surface area contributed by atoms with Crippen LogP contribution in [0.4, 0.5) is 0 Å². The fraction of sp³-hybridized carbons (Fsp3) is 0.846. The number of rotatable bonds is 4. The van der Waals surface area contributed by atoms with Gasteiger partial charge < -0.3 is 10.4 Å². The van der Waals surface area contributed by atoms with Gasteiger partial charge in [-0.25, -0.2) is 0 Å². The summed E-state index contributed by atoms with van der Waals surface area (Å²) in [6, 6.07) is 0. The van der Waals surface area contributed by atoms with Crippen molar-refractivity contribution in [3.05, 3.63) is 0 Å². The Morgan fingerprint density at radius 2 is 1.41 bits per heavy atom. The van der Waals surface area contributed by atoms with E-state index in [1.165, 1.54) is 0 Å². The fourth-order valence-electron chi connectivity index (χ4n) is 1.30. The van der Waals surface area contributed by atoms with Gasteiger partial charge in [0.05, 0.1) is 5.41 Å². The van der Waals surface area contributed by atoms with E-state index in [0.29, 0.717) is 6.42 Å². The van der Waals surface area contributed by atoms with E-state index >= 15 is 0 Å². The number of carbonyl (C=O) groups is 2. The van der Waals surface area contributed by atoms with Crippen molar-refractivity contribution in [3.63, 3.8) is 0 Å². The molecule has 0 heterocycles. The molecular weight excluding hydrogens is 218 g/mol. The summed E-state index contributed by atoms with van der Waals surface area (Å²) in [5, 5.41) is 12.0. The van der Waals surface area contributed by atoms with Gasteiger partial charge >= 0.3 is 5.97 Å². The molecule has 0 aliphatic heterocycles. The van der Waals surface area contributed by atoms with Gasteiger partial charge in [-0.1, -0.05) is 20.8 Å². The van der Waals surface area contributed by atoms with Gasteiger partial charge in [-0.05, 0) is 33.1 Å². The molecule has 0 rings (SSSR count). The minimum atomic E-state index is -1.01. The van der Waals surface area contributed by atoms with Crippen LogP contribution in [-0.2, 0) is 9.59 Å². The summed E-state index contributed by atoms with van der Waals surface area (Å²) in [6.45, 7) is 12.6. The van der Waals surface area contributed by atoms with Crippen molar-refractivity contribution in [2.45, 2.75) is 60.4 Å². The smallest absolute Gasteiger partial charge is 0.311 e. The molecule has 4 nitrogen and oxygen atoms in total. The summed E-state index contributed by atoms with van der Waals surface area (Å²) in [5.74, 6) is -1.03. The van der Waals surface area contributed by atoms with Gasteiger partial charge in [0.25, 0.3) is 0 Å². The van der Waals surface area contributed by atoms with Crippen molar-refractivity contribution in [2.75, 3.05) is 0 Å². The van der Waals surface area contributed by atoms with Gasteiger partial charge in [-0.15, -0.1) is 0 Å². The number of carboxylic acid groups (broad SMARTS) is 1. The van der Waals surface area contributed by atoms with Gasteiger partial charge in [0.1, 0.15) is 0 Å². The van der Waals surface area contributed by atoms with Gasteiger partial charge in [0, 0.05) is 12.0 Å². The van der Waals surface area contributed by atoms with Crippen LogP contribution in [0.15, 0.2) is 0 Å². The number of hydrogen-bond donors (Lipinski definition) is 2. The molecule has 4 heteroatoms. The maximum Gasteiger partial charge on any atom is 0.311 e. The third-order valence-electron chi connectivity index (χ3n) is 3.24. The van der Waals surface area contributed by atoms with Gasteiger partial charge in [0.15, 0.2) is 0 Å². The molecule has 1 amide bonds. The molecule has 0 aromatic heterocycles. The predicted octanol–water partition coefficient (Wildman–Crippen LogP) is 2.43. The van der Waals surface area contributed by atoms with Crippen LogP contribution in [-0.4, -0.2) is 22.5 Å². The minimum Gasteiger partial charge on any atom is -0.481 e. The standard InChI is InChI=1S/C13H25NO3/c1-11(2,3)8-9(15)14-13(6,7)12(4,5)10(16)17/h8H2,1-7H3,(H,14,15)(H,16,17). The molecule has 0 radical (unpaired) electrons. The Bertz CT molecular complexity index is 311. The molecule has 0 bridgehead atoms. The highest BCUT2D eigenvalue weighted by atomic mass is 16.4. The SMILES string of the molecule is CC(C)(C)CC(=O)NC(C)(C)C(C)(C)C(=O)O. The Hall–Kier alpha value is -1.06. The maximum atomic E-state index is 11.8. The van der Waals surface area contributed by atoms with Gasteiger partial charge in [0.2, 0.25) is 5.91 Å². The number of carboxylic acids is 1. The highest BCUT2D eigenvalue weighted by Gasteiger charge is 2.44. The monoisotopic (exact) mass is 243 g/mol. The van der Waals surface area contributed by atoms with Crippen molar-refractivity contribution >= 4 is 11.9 Å². The van der Waals surface area contributed by atoms with Gasteiger partial charge in [-0.2, -0.15) is 0 Å². The lowest BCUT2D eigenvalue weighted by molar-refractivity contribution is -0.151. The largest absolute Gasteiger partial charge is 0.481 e. The Balaban J connectivity index is 4.78. The van der Waals surface area contributed by atoms with E-state index in [-0.39, 0.29) is 11.3 Å². The molecule has 17 heavy (non-hydrogen) atoms. The molecule has 0 unspecified atom stereocenters. The van der Waals surface area contributed by atoms with Crippen molar-refractivity contribution in [1.29, 1.82) is 0 Å². The summed E-state index contributed by atoms with van der Waals surface area (Å²) in [4.78, 5) is 23.0. The summed E-state index contributed by atoms with van der Waals surface area (Å²) in [5.41, 5.74) is -1.91. The minimum absolute atomic E-state index is 0.104. The first-order chi connectivity index (χ1) is 7.29. The molecule has 0 aromatic carbocycles. The lowest BCUT2D eigenvalue weighted by Gasteiger charge is -2.39. The zero-order chi connectivity index (χ0) is 14.1. The van der Waals surface area contributed by atoms with E-state index in [0.717, 1.165) is 0 Å². The first-order valence-electron chi connectivity index (χ1n) is 5.84. The van der Waals surface area contributed by atoms with Crippen molar-refractivity contribution < 1.29 is 14.7 Å². The van der Waals surface area contributed by atoms with Crippen LogP contribution in [0.3, 0.4) is 0 Å². The molecule has 0 saturated heterocycles. The van der Waals surface area contributed by atoms with Crippen LogP contribution in [0.5, 0.6) is 0 Å². The summed E-state index contributed by atoms with van der Waals surface area (Å²) in [7, 11) is 0. The zero-order valence-corrected chi connectivity index (χ0v) is 12.0. The average molecular weight is 243 g/mol. The van der Waals surface area contributed by atoms with Crippen LogP contribution in [0.2, 0.25) is 0 Å². The van der Waals surface area contributed by atoms with Crippen molar-refractivity contribution in [2.24, 2.45) is 10.8 Å². The quantitative estimate of drug-likeness (QED) is 0.797. The van der Waals surface area contributed by atoms with Crippen LogP contribution in [0.1, 0.15) is 54.9 Å². The van der Waals surface area contributed by atoms with E-state index in [2.05, 4.69) is 5.32 Å². The van der Waals surface area contributed by atoms with Crippen LogP contribution in [0.25, 0.3) is 0 Å². The zero-order valence-electron chi connectivity index (χ0n) is 12.0. The fourth-order valence-corrected chi connectivity index (χ4v) is 1.30. The number of nitrogens with one attached hydrogen (secondary N) is 1. The number of hydrogen-bond acceptors (Lipinski definition) is 2. The molecule has 0 aromatic rings. The Kier molecular flexibility index (Phi) is 4.38.